The summed E-state index contributed by atoms with van der Waals surface area (Å²) in [5, 5.41) is 0.930. The van der Waals surface area contributed by atoms with Crippen molar-refractivity contribution in [1.82, 2.24) is 4.98 Å². The molecule has 1 heterocycles. The maximum absolute atomic E-state index is 5.70. The fourth-order valence-electron chi connectivity index (χ4n) is 0.934. The minimum Gasteiger partial charge on any atom is -0.491 e. The Kier molecular flexibility index (Phi) is 3.93. The number of hydrogen-bond donors (Lipinski definition) is 0. The molecule has 0 atom stereocenters. The molecule has 0 aliphatic heterocycles. The normalized spacial score (nSPS) is 11.4. The lowest BCUT2D eigenvalue weighted by molar-refractivity contribution is 0.201. The first kappa shape index (κ1) is 11.5. The van der Waals surface area contributed by atoms with Crippen molar-refractivity contribution in [1.29, 1.82) is 0 Å². The van der Waals surface area contributed by atoms with Gasteiger partial charge in [-0.3, -0.25) is 4.98 Å². The average molecular weight is 258 g/mol. The van der Waals surface area contributed by atoms with E-state index in [0.717, 1.165) is 16.8 Å². The minimum atomic E-state index is 0.155. The highest BCUT2D eigenvalue weighted by molar-refractivity contribution is 9.09. The summed E-state index contributed by atoms with van der Waals surface area (Å²) in [7, 11) is 0. The van der Waals surface area contributed by atoms with Gasteiger partial charge in [0.05, 0.1) is 12.3 Å². The van der Waals surface area contributed by atoms with E-state index in [0.29, 0.717) is 6.61 Å². The van der Waals surface area contributed by atoms with E-state index in [4.69, 9.17) is 4.74 Å². The van der Waals surface area contributed by atoms with Crippen molar-refractivity contribution in [2.45, 2.75) is 20.8 Å². The predicted octanol–water partition coefficient (Wildman–Crippen LogP) is 3.19. The van der Waals surface area contributed by atoms with Gasteiger partial charge in [-0.15, -0.1) is 0 Å². The van der Waals surface area contributed by atoms with Crippen LogP contribution in [0.1, 0.15) is 19.5 Å². The second kappa shape index (κ2) is 4.78. The van der Waals surface area contributed by atoms with Gasteiger partial charge in [-0.2, -0.15) is 0 Å². The topological polar surface area (TPSA) is 22.1 Å². The summed E-state index contributed by atoms with van der Waals surface area (Å²) in [6, 6.07) is 3.84. The average Bonchev–Trinajstić information content (AvgIpc) is 2.17. The molecule has 1 aromatic rings. The lowest BCUT2D eigenvalue weighted by Gasteiger charge is -2.22. The molecular formula is C11H16BrNO. The van der Waals surface area contributed by atoms with Crippen molar-refractivity contribution in [3.05, 3.63) is 24.0 Å². The van der Waals surface area contributed by atoms with E-state index in [1.165, 1.54) is 0 Å². The highest BCUT2D eigenvalue weighted by atomic mass is 79.9. The van der Waals surface area contributed by atoms with Crippen LogP contribution in [-0.2, 0) is 0 Å². The number of hydrogen-bond acceptors (Lipinski definition) is 2. The molecule has 0 spiro atoms. The number of aromatic nitrogens is 1. The summed E-state index contributed by atoms with van der Waals surface area (Å²) in [4.78, 5) is 4.17. The van der Waals surface area contributed by atoms with Crippen LogP contribution < -0.4 is 4.74 Å². The van der Waals surface area contributed by atoms with Crippen LogP contribution in [0.2, 0.25) is 0 Å². The molecule has 14 heavy (non-hydrogen) atoms. The summed E-state index contributed by atoms with van der Waals surface area (Å²) in [6.45, 7) is 6.97. The summed E-state index contributed by atoms with van der Waals surface area (Å²) in [6.07, 6.45) is 1.78. The SMILES string of the molecule is Cc1ncccc1OCC(C)(C)CBr. The van der Waals surface area contributed by atoms with Gasteiger partial charge in [0.2, 0.25) is 0 Å². The fraction of sp³-hybridized carbons (Fsp3) is 0.545. The standard InChI is InChI=1S/C11H16BrNO/c1-9-10(5-4-6-13-9)14-8-11(2,3)7-12/h4-6H,7-8H2,1-3H3. The third-order valence-corrected chi connectivity index (χ3v) is 3.46. The van der Waals surface area contributed by atoms with Crippen LogP contribution in [0.15, 0.2) is 18.3 Å². The largest absolute Gasteiger partial charge is 0.491 e. The van der Waals surface area contributed by atoms with Gasteiger partial charge in [-0.05, 0) is 19.1 Å². The Morgan fingerprint density at radius 1 is 1.50 bits per heavy atom. The van der Waals surface area contributed by atoms with E-state index in [2.05, 4.69) is 34.8 Å². The molecule has 0 amide bonds. The molecule has 0 radical (unpaired) electrons. The minimum absolute atomic E-state index is 0.155. The molecular weight excluding hydrogens is 242 g/mol. The van der Waals surface area contributed by atoms with Crippen molar-refractivity contribution in [3.63, 3.8) is 0 Å². The zero-order valence-electron chi connectivity index (χ0n) is 8.88. The van der Waals surface area contributed by atoms with Crippen molar-refractivity contribution >= 4 is 15.9 Å². The van der Waals surface area contributed by atoms with Gasteiger partial charge in [0.1, 0.15) is 5.75 Å². The van der Waals surface area contributed by atoms with Gasteiger partial charge in [-0.1, -0.05) is 29.8 Å². The third kappa shape index (κ3) is 3.29. The molecule has 78 valence electrons. The number of halogens is 1. The predicted molar refractivity (Wildman–Crippen MR) is 62.0 cm³/mol. The van der Waals surface area contributed by atoms with Crippen molar-refractivity contribution < 1.29 is 4.74 Å². The van der Waals surface area contributed by atoms with Gasteiger partial charge in [-0.25, -0.2) is 0 Å². The first-order valence-electron chi connectivity index (χ1n) is 4.65. The van der Waals surface area contributed by atoms with E-state index in [1.807, 2.05) is 19.1 Å². The zero-order valence-corrected chi connectivity index (χ0v) is 10.5. The van der Waals surface area contributed by atoms with Crippen LogP contribution in [0.5, 0.6) is 5.75 Å². The van der Waals surface area contributed by atoms with Crippen LogP contribution in [0.25, 0.3) is 0 Å². The van der Waals surface area contributed by atoms with E-state index in [9.17, 15) is 0 Å². The number of ether oxygens (including phenoxy) is 1. The van der Waals surface area contributed by atoms with Crippen molar-refractivity contribution in [2.75, 3.05) is 11.9 Å². The van der Waals surface area contributed by atoms with E-state index in [1.54, 1.807) is 6.20 Å². The number of pyridine rings is 1. The van der Waals surface area contributed by atoms with Crippen LogP contribution in [0.4, 0.5) is 0 Å². The third-order valence-electron chi connectivity index (χ3n) is 1.94. The molecule has 0 saturated carbocycles. The fourth-order valence-corrected chi connectivity index (χ4v) is 1.10. The Morgan fingerprint density at radius 2 is 2.21 bits per heavy atom. The van der Waals surface area contributed by atoms with Crippen molar-refractivity contribution in [3.8, 4) is 5.75 Å². The Morgan fingerprint density at radius 3 is 2.79 bits per heavy atom. The molecule has 0 aromatic carbocycles. The van der Waals surface area contributed by atoms with E-state index in [-0.39, 0.29) is 5.41 Å². The zero-order chi connectivity index (χ0) is 10.6. The van der Waals surface area contributed by atoms with E-state index < -0.39 is 0 Å². The molecule has 2 nitrogen and oxygen atoms in total. The number of nitrogens with zero attached hydrogens (tertiary/aromatic N) is 1. The van der Waals surface area contributed by atoms with Gasteiger partial charge in [0, 0.05) is 16.9 Å². The summed E-state index contributed by atoms with van der Waals surface area (Å²) >= 11 is 3.47. The van der Waals surface area contributed by atoms with Gasteiger partial charge < -0.3 is 4.74 Å². The molecule has 0 aliphatic rings. The highest BCUT2D eigenvalue weighted by Gasteiger charge is 2.17. The summed E-state index contributed by atoms with van der Waals surface area (Å²) in [5.74, 6) is 0.876. The van der Waals surface area contributed by atoms with Gasteiger partial charge >= 0.3 is 0 Å². The van der Waals surface area contributed by atoms with Crippen molar-refractivity contribution in [2.24, 2.45) is 5.41 Å². The second-order valence-electron chi connectivity index (χ2n) is 4.17. The van der Waals surface area contributed by atoms with Crippen LogP contribution in [0, 0.1) is 12.3 Å². The maximum atomic E-state index is 5.70. The molecule has 0 N–H and O–H groups in total. The molecule has 0 bridgehead atoms. The summed E-state index contributed by atoms with van der Waals surface area (Å²) in [5.41, 5.74) is 1.10. The molecule has 3 heteroatoms. The Balaban J connectivity index is 2.58. The van der Waals surface area contributed by atoms with Gasteiger partial charge in [0.15, 0.2) is 0 Å². The Bertz CT molecular complexity index is 299. The van der Waals surface area contributed by atoms with E-state index >= 15 is 0 Å². The smallest absolute Gasteiger partial charge is 0.140 e. The monoisotopic (exact) mass is 257 g/mol. The number of aryl methyl sites for hydroxylation is 1. The first-order valence-corrected chi connectivity index (χ1v) is 5.78. The Labute approximate surface area is 93.8 Å². The van der Waals surface area contributed by atoms with Crippen LogP contribution in [0.3, 0.4) is 0 Å². The molecule has 0 saturated heterocycles. The molecule has 0 aliphatic carbocycles. The van der Waals surface area contributed by atoms with Crippen LogP contribution in [-0.4, -0.2) is 16.9 Å². The van der Waals surface area contributed by atoms with Gasteiger partial charge in [0.25, 0.3) is 0 Å². The maximum Gasteiger partial charge on any atom is 0.140 e. The summed E-state index contributed by atoms with van der Waals surface area (Å²) < 4.78 is 5.70. The first-order chi connectivity index (χ1) is 6.55. The lowest BCUT2D eigenvalue weighted by Crippen LogP contribution is -2.23. The number of rotatable bonds is 4. The Hall–Kier alpha value is -0.570. The van der Waals surface area contributed by atoms with Crippen LogP contribution >= 0.6 is 15.9 Å². The second-order valence-corrected chi connectivity index (χ2v) is 4.73. The molecule has 1 aromatic heterocycles. The quantitative estimate of drug-likeness (QED) is 0.774. The lowest BCUT2D eigenvalue weighted by atomic mass is 9.98. The highest BCUT2D eigenvalue weighted by Crippen LogP contribution is 2.21. The molecule has 0 unspecified atom stereocenters. The number of alkyl halides is 1. The molecule has 1 rings (SSSR count). The molecule has 0 fully saturated rings.